The van der Waals surface area contributed by atoms with Crippen LogP contribution in [-0.2, 0) is 6.54 Å². The summed E-state index contributed by atoms with van der Waals surface area (Å²) in [4.78, 5) is 13.7. The molecule has 0 N–H and O–H groups in total. The molecule has 0 radical (unpaired) electrons. The maximum Gasteiger partial charge on any atom is 0.336 e. The molecule has 4 heteroatoms. The van der Waals surface area contributed by atoms with Gasteiger partial charge in [-0.2, -0.15) is 5.26 Å². The average molecular weight is 270 g/mol. The summed E-state index contributed by atoms with van der Waals surface area (Å²) in [6, 6.07) is 9.54. The Morgan fingerprint density at radius 3 is 2.85 bits per heavy atom. The average Bonchev–Trinajstić information content (AvgIpc) is 2.38. The molecule has 2 rings (SSSR count). The van der Waals surface area contributed by atoms with Crippen LogP contribution < -0.4 is 5.63 Å². The quantitative estimate of drug-likeness (QED) is 0.619. The van der Waals surface area contributed by atoms with Crippen LogP contribution in [0.25, 0.3) is 11.0 Å². The van der Waals surface area contributed by atoms with Gasteiger partial charge in [-0.1, -0.05) is 19.1 Å². The molecule has 2 aromatic rings. The van der Waals surface area contributed by atoms with Gasteiger partial charge < -0.3 is 4.42 Å². The normalized spacial score (nSPS) is 10.9. The minimum Gasteiger partial charge on any atom is -0.423 e. The second-order valence-electron chi connectivity index (χ2n) is 4.96. The fraction of sp³-hybridized carbons (Fsp3) is 0.375. The Morgan fingerprint density at radius 2 is 2.15 bits per heavy atom. The predicted octanol–water partition coefficient (Wildman–Crippen LogP) is 2.84. The Labute approximate surface area is 118 Å². The molecule has 0 aliphatic heterocycles. The van der Waals surface area contributed by atoms with E-state index in [2.05, 4.69) is 13.0 Å². The standard InChI is InChI=1S/C16H18N2O2/c1-3-7-18(8-6-17)11-13-10-16(19)20-15-9-12(2)4-5-14(13)15/h4-5,9-10H,3,7-8,11H2,1-2H3. The van der Waals surface area contributed by atoms with Gasteiger partial charge in [0.25, 0.3) is 0 Å². The van der Waals surface area contributed by atoms with Crippen molar-refractivity contribution in [2.24, 2.45) is 0 Å². The molecule has 1 heterocycles. The van der Waals surface area contributed by atoms with Crippen molar-refractivity contribution in [2.45, 2.75) is 26.8 Å². The van der Waals surface area contributed by atoms with E-state index in [-0.39, 0.29) is 5.63 Å². The van der Waals surface area contributed by atoms with E-state index in [1.165, 1.54) is 6.07 Å². The third-order valence-corrected chi connectivity index (χ3v) is 3.21. The molecule has 20 heavy (non-hydrogen) atoms. The van der Waals surface area contributed by atoms with Gasteiger partial charge in [0.05, 0.1) is 12.6 Å². The first-order valence-corrected chi connectivity index (χ1v) is 6.76. The Kier molecular flexibility index (Phi) is 4.54. The Hall–Kier alpha value is -2.12. The van der Waals surface area contributed by atoms with E-state index in [9.17, 15) is 4.79 Å². The molecule has 0 saturated carbocycles. The molecule has 0 bridgehead atoms. The lowest BCUT2D eigenvalue weighted by molar-refractivity contribution is 0.299. The molecule has 0 amide bonds. The van der Waals surface area contributed by atoms with Gasteiger partial charge in [0.15, 0.2) is 0 Å². The SMILES string of the molecule is CCCN(CC#N)Cc1cc(=O)oc2cc(C)ccc12. The van der Waals surface area contributed by atoms with Crippen molar-refractivity contribution >= 4 is 11.0 Å². The number of nitriles is 1. The lowest BCUT2D eigenvalue weighted by Crippen LogP contribution is -2.25. The van der Waals surface area contributed by atoms with Crippen molar-refractivity contribution in [3.05, 3.63) is 45.8 Å². The maximum atomic E-state index is 11.7. The number of nitrogens with zero attached hydrogens (tertiary/aromatic N) is 2. The van der Waals surface area contributed by atoms with Crippen LogP contribution >= 0.6 is 0 Å². The molecule has 0 saturated heterocycles. The summed E-state index contributed by atoms with van der Waals surface area (Å²) in [7, 11) is 0. The zero-order valence-corrected chi connectivity index (χ0v) is 11.8. The topological polar surface area (TPSA) is 57.2 Å². The van der Waals surface area contributed by atoms with Crippen molar-refractivity contribution in [3.8, 4) is 6.07 Å². The van der Waals surface area contributed by atoms with E-state index in [1.54, 1.807) is 0 Å². The van der Waals surface area contributed by atoms with Crippen LogP contribution in [0.3, 0.4) is 0 Å². The lowest BCUT2D eigenvalue weighted by atomic mass is 10.1. The Balaban J connectivity index is 2.42. The van der Waals surface area contributed by atoms with E-state index in [0.29, 0.717) is 18.7 Å². The molecule has 0 aliphatic rings. The van der Waals surface area contributed by atoms with Gasteiger partial charge in [0, 0.05) is 18.0 Å². The molecular formula is C16H18N2O2. The third kappa shape index (κ3) is 3.25. The van der Waals surface area contributed by atoms with Crippen LogP contribution in [0.4, 0.5) is 0 Å². The van der Waals surface area contributed by atoms with Crippen LogP contribution in [0.2, 0.25) is 0 Å². The summed E-state index contributed by atoms with van der Waals surface area (Å²) in [5.41, 5.74) is 2.24. The molecular weight excluding hydrogens is 252 g/mol. The zero-order chi connectivity index (χ0) is 14.5. The fourth-order valence-corrected chi connectivity index (χ4v) is 2.34. The van der Waals surface area contributed by atoms with Crippen molar-refractivity contribution in [2.75, 3.05) is 13.1 Å². The van der Waals surface area contributed by atoms with Gasteiger partial charge >= 0.3 is 5.63 Å². The highest BCUT2D eigenvalue weighted by Crippen LogP contribution is 2.19. The Bertz CT molecular complexity index is 698. The summed E-state index contributed by atoms with van der Waals surface area (Å²) in [5.74, 6) is 0. The third-order valence-electron chi connectivity index (χ3n) is 3.21. The van der Waals surface area contributed by atoms with Gasteiger partial charge in [-0.05, 0) is 37.1 Å². The molecule has 1 aromatic carbocycles. The molecule has 0 spiro atoms. The molecule has 0 aliphatic carbocycles. The molecule has 0 fully saturated rings. The highest BCUT2D eigenvalue weighted by Gasteiger charge is 2.10. The summed E-state index contributed by atoms with van der Waals surface area (Å²) in [6.07, 6.45) is 0.972. The predicted molar refractivity (Wildman–Crippen MR) is 78.4 cm³/mol. The number of rotatable bonds is 5. The minimum absolute atomic E-state index is 0.341. The second kappa shape index (κ2) is 6.36. The first-order valence-electron chi connectivity index (χ1n) is 6.76. The maximum absolute atomic E-state index is 11.7. The van der Waals surface area contributed by atoms with E-state index < -0.39 is 0 Å². The second-order valence-corrected chi connectivity index (χ2v) is 4.96. The van der Waals surface area contributed by atoms with E-state index in [4.69, 9.17) is 9.68 Å². The Morgan fingerprint density at radius 1 is 1.35 bits per heavy atom. The summed E-state index contributed by atoms with van der Waals surface area (Å²) >= 11 is 0. The zero-order valence-electron chi connectivity index (χ0n) is 11.8. The molecule has 4 nitrogen and oxygen atoms in total. The molecule has 0 atom stereocenters. The van der Waals surface area contributed by atoms with Crippen LogP contribution in [0.1, 0.15) is 24.5 Å². The van der Waals surface area contributed by atoms with Gasteiger partial charge in [-0.3, -0.25) is 4.90 Å². The summed E-state index contributed by atoms with van der Waals surface area (Å²) in [6.45, 7) is 5.82. The van der Waals surface area contributed by atoms with Crippen molar-refractivity contribution in [1.82, 2.24) is 4.90 Å². The van der Waals surface area contributed by atoms with Crippen molar-refractivity contribution < 1.29 is 4.42 Å². The fourth-order valence-electron chi connectivity index (χ4n) is 2.34. The number of benzene rings is 1. The largest absolute Gasteiger partial charge is 0.423 e. The number of aryl methyl sites for hydroxylation is 1. The lowest BCUT2D eigenvalue weighted by Gasteiger charge is -2.18. The summed E-state index contributed by atoms with van der Waals surface area (Å²) in [5, 5.41) is 9.81. The van der Waals surface area contributed by atoms with Gasteiger partial charge in [-0.15, -0.1) is 0 Å². The smallest absolute Gasteiger partial charge is 0.336 e. The van der Waals surface area contributed by atoms with Crippen LogP contribution in [0.15, 0.2) is 33.5 Å². The summed E-state index contributed by atoms with van der Waals surface area (Å²) < 4.78 is 5.25. The molecule has 1 aromatic heterocycles. The highest BCUT2D eigenvalue weighted by atomic mass is 16.4. The van der Waals surface area contributed by atoms with Crippen LogP contribution in [-0.4, -0.2) is 18.0 Å². The molecule has 104 valence electrons. The first kappa shape index (κ1) is 14.3. The number of hydrogen-bond donors (Lipinski definition) is 0. The number of fused-ring (bicyclic) bond motifs is 1. The minimum atomic E-state index is -0.341. The van der Waals surface area contributed by atoms with E-state index >= 15 is 0 Å². The number of hydrogen-bond acceptors (Lipinski definition) is 4. The van der Waals surface area contributed by atoms with Gasteiger partial charge in [-0.25, -0.2) is 4.79 Å². The van der Waals surface area contributed by atoms with Gasteiger partial charge in [0.2, 0.25) is 0 Å². The van der Waals surface area contributed by atoms with Crippen LogP contribution in [0.5, 0.6) is 0 Å². The van der Waals surface area contributed by atoms with Crippen molar-refractivity contribution in [3.63, 3.8) is 0 Å². The molecule has 0 unspecified atom stereocenters. The van der Waals surface area contributed by atoms with E-state index in [1.807, 2.05) is 30.0 Å². The van der Waals surface area contributed by atoms with E-state index in [0.717, 1.165) is 29.5 Å². The van der Waals surface area contributed by atoms with Crippen LogP contribution in [0, 0.1) is 18.3 Å². The highest BCUT2D eigenvalue weighted by molar-refractivity contribution is 5.80. The van der Waals surface area contributed by atoms with Gasteiger partial charge in [0.1, 0.15) is 5.58 Å². The first-order chi connectivity index (χ1) is 9.63. The monoisotopic (exact) mass is 270 g/mol. The van der Waals surface area contributed by atoms with Crippen molar-refractivity contribution in [1.29, 1.82) is 5.26 Å².